The van der Waals surface area contributed by atoms with Crippen molar-refractivity contribution in [2.75, 3.05) is 6.61 Å². The van der Waals surface area contributed by atoms with Gasteiger partial charge >= 0.3 is 5.97 Å². The third-order valence-corrected chi connectivity index (χ3v) is 5.91. The molecule has 0 fully saturated rings. The highest BCUT2D eigenvalue weighted by Crippen LogP contribution is 2.41. The third-order valence-electron chi connectivity index (χ3n) is 5.91. The summed E-state index contributed by atoms with van der Waals surface area (Å²) in [6, 6.07) is 17.7. The first kappa shape index (κ1) is 19.2. The Hall–Kier alpha value is -3.73. The van der Waals surface area contributed by atoms with Crippen LogP contribution < -0.4 is 4.74 Å². The number of ether oxygens (including phenoxy) is 1. The first-order valence-corrected chi connectivity index (χ1v) is 10.5. The first-order valence-electron chi connectivity index (χ1n) is 10.5. The molecule has 0 spiro atoms. The van der Waals surface area contributed by atoms with Gasteiger partial charge < -0.3 is 19.9 Å². The van der Waals surface area contributed by atoms with Crippen LogP contribution in [-0.2, 0) is 12.8 Å². The molecular weight excluding hydrogens is 390 g/mol. The predicted octanol–water partition coefficient (Wildman–Crippen LogP) is 5.79. The number of aromatic nitrogens is 1. The second-order valence-corrected chi connectivity index (χ2v) is 7.95. The number of nitrogens with one attached hydrogen (secondary N) is 1. The largest absolute Gasteiger partial charge is 0.507 e. The molecule has 5 heteroatoms. The minimum absolute atomic E-state index is 0.0502. The number of fused-ring (bicyclic) bond motifs is 5. The number of aromatic carboxylic acids is 1. The number of rotatable bonds is 5. The van der Waals surface area contributed by atoms with Crippen LogP contribution in [0.4, 0.5) is 0 Å². The van der Waals surface area contributed by atoms with Crippen LogP contribution in [0.1, 0.15) is 34.8 Å². The van der Waals surface area contributed by atoms with Gasteiger partial charge in [-0.3, -0.25) is 0 Å². The van der Waals surface area contributed by atoms with Crippen molar-refractivity contribution in [2.24, 2.45) is 0 Å². The summed E-state index contributed by atoms with van der Waals surface area (Å²) in [6.45, 7) is 2.78. The van der Waals surface area contributed by atoms with Crippen LogP contribution in [0.3, 0.4) is 0 Å². The van der Waals surface area contributed by atoms with E-state index < -0.39 is 5.97 Å². The number of aromatic amines is 1. The fourth-order valence-corrected chi connectivity index (χ4v) is 4.41. The van der Waals surface area contributed by atoms with Crippen molar-refractivity contribution in [2.45, 2.75) is 26.2 Å². The molecule has 1 aliphatic rings. The summed E-state index contributed by atoms with van der Waals surface area (Å²) in [5, 5.41) is 20.7. The molecule has 1 heterocycles. The minimum atomic E-state index is -1.11. The van der Waals surface area contributed by atoms with Crippen molar-refractivity contribution in [3.8, 4) is 33.9 Å². The molecule has 0 unspecified atom stereocenters. The van der Waals surface area contributed by atoms with E-state index in [1.807, 2.05) is 12.1 Å². The Morgan fingerprint density at radius 3 is 2.71 bits per heavy atom. The van der Waals surface area contributed by atoms with Gasteiger partial charge in [-0.2, -0.15) is 0 Å². The predicted molar refractivity (Wildman–Crippen MR) is 121 cm³/mol. The zero-order valence-electron chi connectivity index (χ0n) is 17.2. The summed E-state index contributed by atoms with van der Waals surface area (Å²) < 4.78 is 5.77. The second kappa shape index (κ2) is 7.51. The molecule has 1 aromatic heterocycles. The van der Waals surface area contributed by atoms with Gasteiger partial charge in [-0.1, -0.05) is 31.2 Å². The number of carbonyl (C=O) groups is 1. The molecule has 0 radical (unpaired) electrons. The number of carboxylic acids is 1. The molecule has 0 bridgehead atoms. The smallest absolute Gasteiger partial charge is 0.339 e. The molecule has 5 rings (SSSR count). The second-order valence-electron chi connectivity index (χ2n) is 7.95. The molecule has 3 aromatic carbocycles. The SMILES string of the molecule is CCCOc1cccc(-c2ccc3c4c([nH]c3c2)-c2cc(O)c(C(=O)O)cc2CC4)c1. The number of phenols is 1. The molecule has 0 amide bonds. The zero-order valence-corrected chi connectivity index (χ0v) is 17.2. The third kappa shape index (κ3) is 3.32. The summed E-state index contributed by atoms with van der Waals surface area (Å²) >= 11 is 0. The van der Waals surface area contributed by atoms with Crippen LogP contribution >= 0.6 is 0 Å². The lowest BCUT2D eigenvalue weighted by atomic mass is 9.87. The quantitative estimate of drug-likeness (QED) is 0.387. The Labute approximate surface area is 179 Å². The van der Waals surface area contributed by atoms with E-state index >= 15 is 0 Å². The molecule has 1 aliphatic carbocycles. The van der Waals surface area contributed by atoms with Gasteiger partial charge in [-0.25, -0.2) is 4.79 Å². The maximum Gasteiger partial charge on any atom is 0.339 e. The molecule has 3 N–H and O–H groups in total. The monoisotopic (exact) mass is 413 g/mol. The summed E-state index contributed by atoms with van der Waals surface area (Å²) in [5.74, 6) is -0.455. The minimum Gasteiger partial charge on any atom is -0.507 e. The van der Waals surface area contributed by atoms with Crippen molar-refractivity contribution >= 4 is 16.9 Å². The van der Waals surface area contributed by atoms with Crippen LogP contribution in [0.15, 0.2) is 54.6 Å². The van der Waals surface area contributed by atoms with E-state index in [1.165, 1.54) is 5.56 Å². The summed E-state index contributed by atoms with van der Waals surface area (Å²) in [6.07, 6.45) is 2.54. The van der Waals surface area contributed by atoms with E-state index in [1.54, 1.807) is 12.1 Å². The highest BCUT2D eigenvalue weighted by Gasteiger charge is 2.24. The molecule has 0 saturated carbocycles. The first-order chi connectivity index (χ1) is 15.0. The fourth-order valence-electron chi connectivity index (χ4n) is 4.41. The Morgan fingerprint density at radius 2 is 1.90 bits per heavy atom. The van der Waals surface area contributed by atoms with Gasteiger partial charge in [0.2, 0.25) is 0 Å². The lowest BCUT2D eigenvalue weighted by molar-refractivity contribution is 0.0693. The molecular formula is C26H23NO4. The Morgan fingerprint density at radius 1 is 1.06 bits per heavy atom. The highest BCUT2D eigenvalue weighted by molar-refractivity contribution is 5.97. The molecule has 156 valence electrons. The van der Waals surface area contributed by atoms with Gasteiger partial charge in [0.05, 0.1) is 12.3 Å². The van der Waals surface area contributed by atoms with Gasteiger partial charge in [0.1, 0.15) is 17.1 Å². The van der Waals surface area contributed by atoms with Crippen LogP contribution in [0.25, 0.3) is 33.3 Å². The Kier molecular flexibility index (Phi) is 4.66. The number of H-pyrrole nitrogens is 1. The molecule has 4 aromatic rings. The number of carboxylic acid groups (broad SMARTS) is 1. The van der Waals surface area contributed by atoms with E-state index in [0.717, 1.165) is 63.9 Å². The fraction of sp³-hybridized carbons (Fsp3) is 0.192. The summed E-state index contributed by atoms with van der Waals surface area (Å²) in [5.41, 5.74) is 7.14. The van der Waals surface area contributed by atoms with Gasteiger partial charge in [-0.15, -0.1) is 0 Å². The number of hydrogen-bond donors (Lipinski definition) is 3. The lowest BCUT2D eigenvalue weighted by Crippen LogP contribution is -2.06. The van der Waals surface area contributed by atoms with Gasteiger partial charge in [0, 0.05) is 16.5 Å². The van der Waals surface area contributed by atoms with E-state index in [2.05, 4.69) is 42.2 Å². The van der Waals surface area contributed by atoms with Gasteiger partial charge in [-0.05, 0) is 71.8 Å². The molecule has 31 heavy (non-hydrogen) atoms. The Bertz CT molecular complexity index is 1320. The van der Waals surface area contributed by atoms with E-state index in [-0.39, 0.29) is 11.3 Å². The molecule has 5 nitrogen and oxygen atoms in total. The van der Waals surface area contributed by atoms with E-state index in [9.17, 15) is 15.0 Å². The van der Waals surface area contributed by atoms with Crippen LogP contribution in [0, 0.1) is 0 Å². The average Bonchev–Trinajstić information content (AvgIpc) is 3.15. The topological polar surface area (TPSA) is 82.5 Å². The summed E-state index contributed by atoms with van der Waals surface area (Å²) in [7, 11) is 0. The van der Waals surface area contributed by atoms with Crippen molar-refractivity contribution in [1.29, 1.82) is 0 Å². The standard InChI is InChI=1S/C26H23NO4/c1-2-10-31-18-5-3-4-15(11-18)16-6-8-19-20-9-7-17-12-22(26(29)30)24(28)14-21(17)25(20)27-23(19)13-16/h3-6,8,11-14,27-28H,2,7,9-10H2,1H3,(H,29,30). The normalized spacial score (nSPS) is 12.4. The zero-order chi connectivity index (χ0) is 21.5. The van der Waals surface area contributed by atoms with Crippen molar-refractivity contribution < 1.29 is 19.7 Å². The van der Waals surface area contributed by atoms with Crippen LogP contribution in [0.2, 0.25) is 0 Å². The number of benzene rings is 3. The van der Waals surface area contributed by atoms with Crippen molar-refractivity contribution in [3.63, 3.8) is 0 Å². The van der Waals surface area contributed by atoms with Gasteiger partial charge in [0.15, 0.2) is 0 Å². The number of hydrogen-bond acceptors (Lipinski definition) is 3. The maximum atomic E-state index is 11.4. The average molecular weight is 413 g/mol. The number of aromatic hydroxyl groups is 1. The van der Waals surface area contributed by atoms with Crippen molar-refractivity contribution in [1.82, 2.24) is 4.98 Å². The van der Waals surface area contributed by atoms with Crippen LogP contribution in [-0.4, -0.2) is 27.8 Å². The van der Waals surface area contributed by atoms with Gasteiger partial charge in [0.25, 0.3) is 0 Å². The van der Waals surface area contributed by atoms with E-state index in [4.69, 9.17) is 4.74 Å². The van der Waals surface area contributed by atoms with Crippen LogP contribution in [0.5, 0.6) is 11.5 Å². The molecule has 0 aliphatic heterocycles. The molecule has 0 saturated heterocycles. The lowest BCUT2D eigenvalue weighted by Gasteiger charge is -2.18. The highest BCUT2D eigenvalue weighted by atomic mass is 16.5. The Balaban J connectivity index is 1.58. The maximum absolute atomic E-state index is 11.4. The van der Waals surface area contributed by atoms with E-state index in [0.29, 0.717) is 6.61 Å². The molecule has 0 atom stereocenters. The van der Waals surface area contributed by atoms with Crippen molar-refractivity contribution in [3.05, 3.63) is 71.3 Å². The summed E-state index contributed by atoms with van der Waals surface area (Å²) in [4.78, 5) is 14.9. The number of aryl methyl sites for hydroxylation is 2.